The Morgan fingerprint density at radius 1 is 1.22 bits per heavy atom. The first-order chi connectivity index (χ1) is 10.8. The summed E-state index contributed by atoms with van der Waals surface area (Å²) < 4.78 is 17.4. The first-order valence-electron chi connectivity index (χ1n) is 8.02. The molecule has 2 heterocycles. The second-order valence-corrected chi connectivity index (χ2v) is 7.18. The van der Waals surface area contributed by atoms with Crippen LogP contribution < -0.4 is 5.46 Å². The van der Waals surface area contributed by atoms with E-state index in [0.29, 0.717) is 19.7 Å². The average Bonchev–Trinajstić information content (AvgIpc) is 2.91. The minimum absolute atomic E-state index is 0.0513. The van der Waals surface area contributed by atoms with E-state index in [1.54, 1.807) is 7.11 Å². The van der Waals surface area contributed by atoms with Crippen molar-refractivity contribution in [2.45, 2.75) is 45.4 Å². The molecule has 0 atom stereocenters. The van der Waals surface area contributed by atoms with E-state index in [-0.39, 0.29) is 5.91 Å². The lowest BCUT2D eigenvalue weighted by Crippen LogP contribution is -2.41. The van der Waals surface area contributed by atoms with Crippen LogP contribution in [0.4, 0.5) is 0 Å². The number of nitrogens with zero attached hydrogens (tertiary/aromatic N) is 1. The summed E-state index contributed by atoms with van der Waals surface area (Å²) in [6, 6.07) is 5.77. The Hall–Kier alpha value is -1.37. The maximum atomic E-state index is 12.5. The molecule has 3 rings (SSSR count). The van der Waals surface area contributed by atoms with Crippen molar-refractivity contribution in [1.82, 2.24) is 4.90 Å². The number of amides is 1. The highest BCUT2D eigenvalue weighted by Gasteiger charge is 2.52. The van der Waals surface area contributed by atoms with E-state index < -0.39 is 18.3 Å². The summed E-state index contributed by atoms with van der Waals surface area (Å²) >= 11 is 0. The third-order valence-electron chi connectivity index (χ3n) is 5.15. The second kappa shape index (κ2) is 5.62. The van der Waals surface area contributed by atoms with Crippen LogP contribution in [0.1, 0.15) is 43.6 Å². The van der Waals surface area contributed by atoms with Gasteiger partial charge in [-0.05, 0) is 44.8 Å². The third-order valence-corrected chi connectivity index (χ3v) is 5.15. The van der Waals surface area contributed by atoms with Gasteiger partial charge in [-0.25, -0.2) is 0 Å². The molecule has 0 radical (unpaired) electrons. The Balaban J connectivity index is 1.90. The number of carbonyl (C=O) groups is 1. The zero-order valence-corrected chi connectivity index (χ0v) is 14.5. The molecule has 1 aromatic carbocycles. The third kappa shape index (κ3) is 2.69. The van der Waals surface area contributed by atoms with Crippen LogP contribution in [0.5, 0.6) is 0 Å². The molecule has 0 N–H and O–H groups in total. The molecule has 1 amide bonds. The molecule has 23 heavy (non-hydrogen) atoms. The van der Waals surface area contributed by atoms with Gasteiger partial charge in [0.1, 0.15) is 0 Å². The second-order valence-electron chi connectivity index (χ2n) is 7.18. The minimum Gasteiger partial charge on any atom is -0.399 e. The SMILES string of the molecule is COCCN1Cc2c(B3OC(C)(C)C(C)(C)O3)cccc2C1=O. The number of methoxy groups -OCH3 is 1. The summed E-state index contributed by atoms with van der Waals surface area (Å²) in [7, 11) is 1.20. The zero-order valence-electron chi connectivity index (χ0n) is 14.5. The molecule has 1 fully saturated rings. The number of rotatable bonds is 4. The van der Waals surface area contributed by atoms with E-state index in [0.717, 1.165) is 16.6 Å². The van der Waals surface area contributed by atoms with Crippen LogP contribution >= 0.6 is 0 Å². The monoisotopic (exact) mass is 317 g/mol. The topological polar surface area (TPSA) is 48.0 Å². The van der Waals surface area contributed by atoms with Gasteiger partial charge < -0.3 is 18.9 Å². The predicted octanol–water partition coefficient (Wildman–Crippen LogP) is 1.59. The summed E-state index contributed by atoms with van der Waals surface area (Å²) in [6.45, 7) is 9.84. The maximum absolute atomic E-state index is 12.5. The Labute approximate surface area is 138 Å². The standard InChI is InChI=1S/C17H24BNO4/c1-16(2)17(3,4)23-18(22-16)14-8-6-7-12-13(14)11-19(15(12)20)9-10-21-5/h6-8H,9-11H2,1-5H3. The molecule has 2 aliphatic heterocycles. The number of carbonyl (C=O) groups excluding carboxylic acids is 1. The summed E-state index contributed by atoms with van der Waals surface area (Å²) in [5, 5.41) is 0. The molecule has 0 bridgehead atoms. The molecule has 0 spiro atoms. The van der Waals surface area contributed by atoms with Crippen molar-refractivity contribution in [3.8, 4) is 0 Å². The minimum atomic E-state index is -0.440. The molecule has 0 unspecified atom stereocenters. The summed E-state index contributed by atoms with van der Waals surface area (Å²) in [5.74, 6) is 0.0513. The molecule has 1 saturated heterocycles. The van der Waals surface area contributed by atoms with Gasteiger partial charge in [-0.3, -0.25) is 4.79 Å². The number of ether oxygens (including phenoxy) is 1. The van der Waals surface area contributed by atoms with Gasteiger partial charge in [-0.2, -0.15) is 0 Å². The molecule has 1 aromatic rings. The van der Waals surface area contributed by atoms with Gasteiger partial charge in [0.15, 0.2) is 0 Å². The number of fused-ring (bicyclic) bond motifs is 1. The summed E-state index contributed by atoms with van der Waals surface area (Å²) in [6.07, 6.45) is 0. The van der Waals surface area contributed by atoms with Crippen LogP contribution in [-0.4, -0.2) is 49.4 Å². The Bertz CT molecular complexity index is 613. The van der Waals surface area contributed by atoms with Gasteiger partial charge in [-0.1, -0.05) is 12.1 Å². The fourth-order valence-electron chi connectivity index (χ4n) is 2.99. The Morgan fingerprint density at radius 3 is 2.48 bits per heavy atom. The van der Waals surface area contributed by atoms with Gasteiger partial charge in [0, 0.05) is 25.8 Å². The van der Waals surface area contributed by atoms with Crippen LogP contribution in [0.2, 0.25) is 0 Å². The first-order valence-corrected chi connectivity index (χ1v) is 8.02. The lowest BCUT2D eigenvalue weighted by Gasteiger charge is -2.32. The molecule has 6 heteroatoms. The van der Waals surface area contributed by atoms with Gasteiger partial charge >= 0.3 is 7.12 Å². The van der Waals surface area contributed by atoms with E-state index in [9.17, 15) is 4.79 Å². The first kappa shape index (κ1) is 16.5. The molecule has 0 aliphatic carbocycles. The van der Waals surface area contributed by atoms with Gasteiger partial charge in [0.2, 0.25) is 0 Å². The summed E-state index contributed by atoms with van der Waals surface area (Å²) in [4.78, 5) is 14.3. The van der Waals surface area contributed by atoms with E-state index in [4.69, 9.17) is 14.0 Å². The van der Waals surface area contributed by atoms with Crippen molar-refractivity contribution in [3.63, 3.8) is 0 Å². The van der Waals surface area contributed by atoms with Gasteiger partial charge in [-0.15, -0.1) is 0 Å². The highest BCUT2D eigenvalue weighted by atomic mass is 16.7. The lowest BCUT2D eigenvalue weighted by atomic mass is 9.75. The molecular weight excluding hydrogens is 293 g/mol. The largest absolute Gasteiger partial charge is 0.495 e. The molecule has 2 aliphatic rings. The summed E-state index contributed by atoms with van der Waals surface area (Å²) in [5.41, 5.74) is 1.92. The van der Waals surface area contributed by atoms with Crippen molar-refractivity contribution in [1.29, 1.82) is 0 Å². The number of hydrogen-bond donors (Lipinski definition) is 0. The van der Waals surface area contributed by atoms with Crippen LogP contribution in [0, 0.1) is 0 Å². The van der Waals surface area contributed by atoms with Crippen LogP contribution in [0.25, 0.3) is 0 Å². The zero-order chi connectivity index (χ0) is 16.8. The number of hydrogen-bond acceptors (Lipinski definition) is 4. The normalized spacial score (nSPS) is 21.9. The Kier molecular flexibility index (Phi) is 4.03. The van der Waals surface area contributed by atoms with Crippen molar-refractivity contribution in [2.75, 3.05) is 20.3 Å². The van der Waals surface area contributed by atoms with E-state index >= 15 is 0 Å². The fraction of sp³-hybridized carbons (Fsp3) is 0.588. The van der Waals surface area contributed by atoms with Crippen LogP contribution in [0.3, 0.4) is 0 Å². The molecular formula is C17H24BNO4. The number of benzene rings is 1. The van der Waals surface area contributed by atoms with E-state index in [2.05, 4.69) is 0 Å². The van der Waals surface area contributed by atoms with Crippen LogP contribution in [0.15, 0.2) is 18.2 Å². The van der Waals surface area contributed by atoms with Crippen molar-refractivity contribution >= 4 is 18.5 Å². The average molecular weight is 317 g/mol. The highest BCUT2D eigenvalue weighted by Crippen LogP contribution is 2.37. The molecule has 5 nitrogen and oxygen atoms in total. The van der Waals surface area contributed by atoms with Crippen molar-refractivity contribution < 1.29 is 18.8 Å². The van der Waals surface area contributed by atoms with Gasteiger partial charge in [0.05, 0.1) is 17.8 Å². The fourth-order valence-corrected chi connectivity index (χ4v) is 2.99. The molecule has 0 saturated carbocycles. The maximum Gasteiger partial charge on any atom is 0.495 e. The Morgan fingerprint density at radius 2 is 1.87 bits per heavy atom. The predicted molar refractivity (Wildman–Crippen MR) is 88.8 cm³/mol. The molecule has 0 aromatic heterocycles. The smallest absolute Gasteiger partial charge is 0.399 e. The quantitative estimate of drug-likeness (QED) is 0.791. The highest BCUT2D eigenvalue weighted by molar-refractivity contribution is 6.62. The lowest BCUT2D eigenvalue weighted by molar-refractivity contribution is 0.00578. The van der Waals surface area contributed by atoms with Crippen LogP contribution in [-0.2, 0) is 20.6 Å². The molecule has 124 valence electrons. The van der Waals surface area contributed by atoms with E-state index in [1.807, 2.05) is 50.8 Å². The van der Waals surface area contributed by atoms with Crippen molar-refractivity contribution in [3.05, 3.63) is 29.3 Å². The van der Waals surface area contributed by atoms with E-state index in [1.165, 1.54) is 0 Å². The van der Waals surface area contributed by atoms with Gasteiger partial charge in [0.25, 0.3) is 5.91 Å². The van der Waals surface area contributed by atoms with Crippen molar-refractivity contribution in [2.24, 2.45) is 0 Å².